The lowest BCUT2D eigenvalue weighted by atomic mass is 10.1. The van der Waals surface area contributed by atoms with Crippen LogP contribution in [-0.2, 0) is 0 Å². The minimum Gasteiger partial charge on any atom is -0.387 e. The lowest BCUT2D eigenvalue weighted by molar-refractivity contribution is 0.262. The summed E-state index contributed by atoms with van der Waals surface area (Å²) < 4.78 is 28.9. The van der Waals surface area contributed by atoms with Gasteiger partial charge in [-0.3, -0.25) is 0 Å². The number of carbonyl (C=O) groups is 1. The first-order valence-electron chi connectivity index (χ1n) is 11.3. The average Bonchev–Trinajstić information content (AvgIpc) is 2.83. The summed E-state index contributed by atoms with van der Waals surface area (Å²) >= 11 is 0. The maximum absolute atomic E-state index is 14.4. The fourth-order valence-corrected chi connectivity index (χ4v) is 2.93. The van der Waals surface area contributed by atoms with E-state index in [0.29, 0.717) is 40.6 Å². The van der Waals surface area contributed by atoms with Crippen LogP contribution in [0.2, 0.25) is 0 Å². The maximum atomic E-state index is 14.4. The largest absolute Gasteiger partial charge is 0.387 e. The van der Waals surface area contributed by atoms with E-state index in [1.807, 2.05) is 20.8 Å². The van der Waals surface area contributed by atoms with Crippen LogP contribution in [-0.4, -0.2) is 17.7 Å². The molecule has 35 heavy (non-hydrogen) atoms. The van der Waals surface area contributed by atoms with Gasteiger partial charge in [0.1, 0.15) is 17.5 Å². The molecule has 0 saturated heterocycles. The van der Waals surface area contributed by atoms with Crippen LogP contribution in [0, 0.1) is 17.6 Å². The maximum Gasteiger partial charge on any atom is 0.323 e. The molecule has 0 heterocycles. The molecule has 0 saturated carbocycles. The van der Waals surface area contributed by atoms with E-state index in [1.54, 1.807) is 26.0 Å². The molecule has 186 valence electrons. The molecule has 0 aliphatic rings. The van der Waals surface area contributed by atoms with E-state index in [-0.39, 0.29) is 17.3 Å². The van der Waals surface area contributed by atoms with Gasteiger partial charge in [-0.25, -0.2) is 23.6 Å². The third-order valence-corrected chi connectivity index (χ3v) is 5.03. The number of rotatable bonds is 8. The predicted octanol–water partition coefficient (Wildman–Crippen LogP) is 6.11. The van der Waals surface area contributed by atoms with Crippen molar-refractivity contribution in [3.63, 3.8) is 0 Å². The number of carbonyl (C=O) groups excluding carboxylic acids is 1. The van der Waals surface area contributed by atoms with Crippen molar-refractivity contribution in [2.45, 2.75) is 41.0 Å². The molecule has 6 N–H and O–H groups in total. The Bertz CT molecular complexity index is 1200. The van der Waals surface area contributed by atoms with Crippen LogP contribution >= 0.6 is 0 Å². The number of aliphatic imine (C=N–C) groups is 2. The van der Waals surface area contributed by atoms with Gasteiger partial charge in [0.05, 0.1) is 28.6 Å². The summed E-state index contributed by atoms with van der Waals surface area (Å²) in [4.78, 5) is 21.3. The molecule has 0 aliphatic heterocycles. The summed E-state index contributed by atoms with van der Waals surface area (Å²) in [6.45, 7) is 9.24. The molecular formula is C26H32F2N6O. The molecular weight excluding hydrogens is 450 g/mol. The summed E-state index contributed by atoms with van der Waals surface area (Å²) in [6, 6.07) is 7.55. The first-order valence-corrected chi connectivity index (χ1v) is 11.3. The normalized spacial score (nSPS) is 13.3. The van der Waals surface area contributed by atoms with Crippen LogP contribution in [0.1, 0.15) is 52.2 Å². The first kappa shape index (κ1) is 27.2. The number of halogens is 2. The van der Waals surface area contributed by atoms with Crippen molar-refractivity contribution in [1.82, 2.24) is 0 Å². The van der Waals surface area contributed by atoms with E-state index < -0.39 is 17.7 Å². The Morgan fingerprint density at radius 1 is 0.914 bits per heavy atom. The molecule has 2 aromatic carbocycles. The minimum atomic E-state index is -0.817. The topological polar surface area (TPSA) is 118 Å². The number of amides is 2. The Morgan fingerprint density at radius 2 is 1.37 bits per heavy atom. The number of benzene rings is 2. The molecule has 2 amide bonds. The average molecular weight is 483 g/mol. The Hall–Kier alpha value is -4.01. The third-order valence-electron chi connectivity index (χ3n) is 5.03. The highest BCUT2D eigenvalue weighted by Crippen LogP contribution is 2.25. The fraction of sp³-hybridized carbons (Fsp3) is 0.269. The Balaban J connectivity index is 2.29. The Kier molecular flexibility index (Phi) is 9.69. The van der Waals surface area contributed by atoms with Crippen molar-refractivity contribution < 1.29 is 13.6 Å². The summed E-state index contributed by atoms with van der Waals surface area (Å²) in [7, 11) is 0. The van der Waals surface area contributed by atoms with E-state index in [9.17, 15) is 13.6 Å². The van der Waals surface area contributed by atoms with Crippen molar-refractivity contribution in [2.24, 2.45) is 27.4 Å². The van der Waals surface area contributed by atoms with Crippen molar-refractivity contribution in [3.8, 4) is 0 Å². The van der Waals surface area contributed by atoms with E-state index in [4.69, 9.17) is 11.5 Å². The van der Waals surface area contributed by atoms with Crippen molar-refractivity contribution in [3.05, 3.63) is 71.3 Å². The van der Waals surface area contributed by atoms with Gasteiger partial charge >= 0.3 is 6.03 Å². The van der Waals surface area contributed by atoms with Crippen molar-refractivity contribution >= 4 is 40.5 Å². The minimum absolute atomic E-state index is 0.0339. The van der Waals surface area contributed by atoms with Gasteiger partial charge in [-0.1, -0.05) is 32.9 Å². The van der Waals surface area contributed by atoms with Crippen LogP contribution in [0.5, 0.6) is 0 Å². The van der Waals surface area contributed by atoms with Gasteiger partial charge < -0.3 is 22.1 Å². The number of hydrogen-bond donors (Lipinski definition) is 4. The van der Waals surface area contributed by atoms with Gasteiger partial charge in [0.15, 0.2) is 0 Å². The van der Waals surface area contributed by atoms with E-state index >= 15 is 0 Å². The number of nitrogens with two attached hydrogens (primary N) is 2. The highest BCUT2D eigenvalue weighted by Gasteiger charge is 2.14. The zero-order valence-corrected chi connectivity index (χ0v) is 20.6. The van der Waals surface area contributed by atoms with Gasteiger partial charge in [-0.05, 0) is 50.2 Å². The molecule has 0 aromatic heterocycles. The number of nitrogens with one attached hydrogen (secondary N) is 2. The smallest absolute Gasteiger partial charge is 0.323 e. The number of amidine groups is 2. The van der Waals surface area contributed by atoms with Gasteiger partial charge in [0.25, 0.3) is 0 Å². The van der Waals surface area contributed by atoms with Crippen LogP contribution in [0.15, 0.2) is 58.5 Å². The molecule has 0 aliphatic carbocycles. The lowest BCUT2D eigenvalue weighted by Crippen LogP contribution is -2.21. The number of anilines is 2. The molecule has 0 bridgehead atoms. The molecule has 0 unspecified atom stereocenters. The van der Waals surface area contributed by atoms with E-state index in [0.717, 1.165) is 0 Å². The van der Waals surface area contributed by atoms with E-state index in [2.05, 4.69) is 20.6 Å². The van der Waals surface area contributed by atoms with Crippen molar-refractivity contribution in [2.75, 3.05) is 10.6 Å². The molecule has 7 nitrogen and oxygen atoms in total. The summed E-state index contributed by atoms with van der Waals surface area (Å²) in [6.07, 6.45) is 4.02. The molecule has 0 fully saturated rings. The molecule has 9 heteroatoms. The second-order valence-electron chi connectivity index (χ2n) is 7.96. The number of nitrogens with zero attached hydrogens (tertiary/aromatic N) is 2. The fourth-order valence-electron chi connectivity index (χ4n) is 2.93. The zero-order valence-electron chi connectivity index (χ0n) is 20.6. The standard InChI is InChI=1S/C26H32F2N6O/c1-6-20(31-24(29)8-3)16-9-11-18(27)22(13-16)33-26(35)34-23-14-17(10-12-19(23)28)21(7-2)32-25(30)15(4)5/h6-7,9-15H,8H2,1-5H3,(H2,29,31)(H2,30,32)(H2,33,34,35)/b20-6-,21-7-. The van der Waals surface area contributed by atoms with E-state index in [1.165, 1.54) is 36.4 Å². The van der Waals surface area contributed by atoms with Crippen LogP contribution < -0.4 is 22.1 Å². The second kappa shape index (κ2) is 12.5. The van der Waals surface area contributed by atoms with Gasteiger partial charge in [-0.2, -0.15) is 0 Å². The molecule has 0 radical (unpaired) electrons. The van der Waals surface area contributed by atoms with Gasteiger partial charge in [-0.15, -0.1) is 0 Å². The monoisotopic (exact) mass is 482 g/mol. The SMILES string of the molecule is C/C=C(\N=C(N)CC)c1ccc(F)c(NC(=O)Nc2cc(/C(=C/C)N=C(N)C(C)C)ccc2F)c1. The van der Waals surface area contributed by atoms with Crippen LogP contribution in [0.4, 0.5) is 25.0 Å². The molecule has 0 atom stereocenters. The highest BCUT2D eigenvalue weighted by atomic mass is 19.1. The zero-order chi connectivity index (χ0) is 26.1. The molecule has 0 spiro atoms. The predicted molar refractivity (Wildman–Crippen MR) is 141 cm³/mol. The van der Waals surface area contributed by atoms with Gasteiger partial charge in [0.2, 0.25) is 0 Å². The molecule has 2 rings (SSSR count). The Labute approximate surface area is 204 Å². The van der Waals surface area contributed by atoms with Gasteiger partial charge in [0, 0.05) is 23.5 Å². The lowest BCUT2D eigenvalue weighted by Gasteiger charge is -2.13. The summed E-state index contributed by atoms with van der Waals surface area (Å²) in [5, 5.41) is 4.85. The van der Waals surface area contributed by atoms with Crippen LogP contribution in [0.3, 0.4) is 0 Å². The Morgan fingerprint density at radius 3 is 1.77 bits per heavy atom. The first-order chi connectivity index (χ1) is 16.6. The highest BCUT2D eigenvalue weighted by molar-refractivity contribution is 6.00. The molecule has 2 aromatic rings. The quantitative estimate of drug-likeness (QED) is 0.268. The number of allylic oxidation sites excluding steroid dienone is 2. The summed E-state index contributed by atoms with van der Waals surface area (Å²) in [5.74, 6) is -0.433. The third kappa shape index (κ3) is 7.49. The number of urea groups is 1. The van der Waals surface area contributed by atoms with Crippen LogP contribution in [0.25, 0.3) is 11.4 Å². The number of hydrogen-bond acceptors (Lipinski definition) is 3. The summed E-state index contributed by atoms with van der Waals surface area (Å²) in [5.41, 5.74) is 13.8. The second-order valence-corrected chi connectivity index (χ2v) is 7.96. The van der Waals surface area contributed by atoms with Crippen molar-refractivity contribution in [1.29, 1.82) is 0 Å².